The van der Waals surface area contributed by atoms with E-state index in [0.29, 0.717) is 53.2 Å². The fourth-order valence-electron chi connectivity index (χ4n) is 6.76. The summed E-state index contributed by atoms with van der Waals surface area (Å²) in [7, 11) is 0. The Morgan fingerprint density at radius 1 is 1.06 bits per heavy atom. The van der Waals surface area contributed by atoms with Gasteiger partial charge in [0, 0.05) is 53.7 Å². The number of rotatable bonds is 10. The molecule has 5 aromatic rings. The number of likely N-dealkylation sites (tertiary alicyclic amines) is 1. The molecule has 50 heavy (non-hydrogen) atoms. The first-order valence-electron chi connectivity index (χ1n) is 16.7. The van der Waals surface area contributed by atoms with E-state index in [-0.39, 0.29) is 16.8 Å². The van der Waals surface area contributed by atoms with E-state index in [1.807, 2.05) is 30.3 Å². The lowest BCUT2D eigenvalue weighted by Crippen LogP contribution is -2.39. The van der Waals surface area contributed by atoms with Crippen LogP contribution in [0.1, 0.15) is 52.9 Å². The molecule has 0 radical (unpaired) electrons. The highest BCUT2D eigenvalue weighted by Crippen LogP contribution is 2.45. The van der Waals surface area contributed by atoms with Gasteiger partial charge in [-0.3, -0.25) is 9.69 Å². The Hall–Kier alpha value is -4.98. The van der Waals surface area contributed by atoms with Crippen molar-refractivity contribution in [3.63, 3.8) is 0 Å². The Labute approximate surface area is 291 Å². The summed E-state index contributed by atoms with van der Waals surface area (Å²) in [6.45, 7) is 5.24. The Morgan fingerprint density at radius 2 is 1.82 bits per heavy atom. The highest BCUT2D eigenvalue weighted by Gasteiger charge is 2.50. The average molecular weight is 697 g/mol. The quantitative estimate of drug-likeness (QED) is 0.155. The Bertz CT molecular complexity index is 2150. The zero-order valence-electron chi connectivity index (χ0n) is 27.5. The number of fused-ring (bicyclic) bond motifs is 2. The molecule has 2 N–H and O–H groups in total. The number of alkyl halides is 3. The van der Waals surface area contributed by atoms with Crippen LogP contribution in [0.3, 0.4) is 0 Å². The van der Waals surface area contributed by atoms with Gasteiger partial charge in [0.05, 0.1) is 17.9 Å². The van der Waals surface area contributed by atoms with Crippen LogP contribution in [0.2, 0.25) is 0 Å². The molecule has 1 aliphatic carbocycles. The second-order valence-electron chi connectivity index (χ2n) is 13.3. The van der Waals surface area contributed by atoms with Crippen molar-refractivity contribution in [3.8, 4) is 12.1 Å². The van der Waals surface area contributed by atoms with Crippen LogP contribution >= 0.6 is 11.3 Å². The number of nitrogens with zero attached hydrogens (tertiary/aromatic N) is 6. The molecule has 2 aromatic carbocycles. The van der Waals surface area contributed by atoms with Crippen molar-refractivity contribution < 1.29 is 18.0 Å². The molecule has 0 bridgehead atoms. The second-order valence-corrected chi connectivity index (χ2v) is 14.4. The van der Waals surface area contributed by atoms with Gasteiger partial charge in [-0.15, -0.1) is 11.3 Å². The van der Waals surface area contributed by atoms with Gasteiger partial charge in [-0.2, -0.15) is 23.7 Å². The number of aryl methyl sites for hydroxylation is 3. The normalized spacial score (nSPS) is 16.3. The van der Waals surface area contributed by atoms with Crippen molar-refractivity contribution in [3.05, 3.63) is 82.1 Å². The smallest absolute Gasteiger partial charge is 0.367 e. The minimum absolute atomic E-state index is 0.152. The van der Waals surface area contributed by atoms with E-state index in [4.69, 9.17) is 0 Å². The Balaban J connectivity index is 0.964. The molecule has 9 nitrogen and oxygen atoms in total. The number of hydrogen-bond donors (Lipinski definition) is 2. The Morgan fingerprint density at radius 3 is 2.50 bits per heavy atom. The molecule has 0 unspecified atom stereocenters. The number of nitrogens with one attached hydrogen (secondary N) is 2. The third-order valence-corrected chi connectivity index (χ3v) is 10.9. The van der Waals surface area contributed by atoms with Crippen LogP contribution in [0.4, 0.5) is 24.7 Å². The van der Waals surface area contributed by atoms with E-state index < -0.39 is 18.0 Å². The van der Waals surface area contributed by atoms with Crippen LogP contribution in [0.5, 0.6) is 0 Å². The number of thiophene rings is 1. The predicted octanol–water partition coefficient (Wildman–Crippen LogP) is 7.49. The van der Waals surface area contributed by atoms with Crippen LogP contribution in [0.15, 0.2) is 54.9 Å². The highest BCUT2D eigenvalue weighted by atomic mass is 32.1. The van der Waals surface area contributed by atoms with Crippen LogP contribution in [0, 0.1) is 35.0 Å². The number of hydrogen-bond acceptors (Lipinski definition) is 8. The second kappa shape index (κ2) is 13.4. The Kier molecular flexibility index (Phi) is 8.97. The fraction of sp³-hybridized carbons (Fsp3) is 0.378. The van der Waals surface area contributed by atoms with E-state index >= 15 is 0 Å². The number of carbonyl (C=O) groups excluding carboxylic acids is 1. The zero-order valence-corrected chi connectivity index (χ0v) is 28.3. The molecule has 1 saturated carbocycles. The fourth-order valence-corrected chi connectivity index (χ4v) is 7.79. The van der Waals surface area contributed by atoms with Gasteiger partial charge in [0.15, 0.2) is 0 Å². The number of piperidine rings is 1. The maximum Gasteiger partial charge on any atom is 0.393 e. The molecular weight excluding hydrogens is 662 g/mol. The summed E-state index contributed by atoms with van der Waals surface area (Å²) in [4.78, 5) is 24.1. The van der Waals surface area contributed by atoms with Crippen molar-refractivity contribution in [1.29, 1.82) is 10.5 Å². The monoisotopic (exact) mass is 696 g/mol. The topological polar surface area (TPSA) is 123 Å². The lowest BCUT2D eigenvalue weighted by Gasteiger charge is -2.33. The van der Waals surface area contributed by atoms with Gasteiger partial charge in [-0.1, -0.05) is 18.2 Å². The molecule has 3 aromatic heterocycles. The van der Waals surface area contributed by atoms with Gasteiger partial charge in [0.1, 0.15) is 34.2 Å². The summed E-state index contributed by atoms with van der Waals surface area (Å²) in [5.41, 5.74) is 4.86. The minimum Gasteiger partial charge on any atom is -0.367 e. The molecule has 1 aliphatic heterocycles. The molecule has 2 fully saturated rings. The van der Waals surface area contributed by atoms with Crippen LogP contribution in [-0.4, -0.2) is 50.6 Å². The minimum atomic E-state index is -4.27. The number of anilines is 2. The van der Waals surface area contributed by atoms with Crippen molar-refractivity contribution in [2.75, 3.05) is 23.7 Å². The van der Waals surface area contributed by atoms with Crippen molar-refractivity contribution in [2.24, 2.45) is 5.41 Å². The van der Waals surface area contributed by atoms with E-state index in [2.05, 4.69) is 61.3 Å². The molecule has 2 aliphatic rings. The standard InChI is InChI=1S/C37H35F3N8OS/c1-23-25(20-47-13-9-27(10-14-47)45-33-31-17-29(18-37(38,39)40)50-34(31)44-22-43-33)4-7-32-30(23)16-28(19-41)48(32)15-8-24-2-5-26(6-3-24)46-35(49)36(21-42)11-12-36/h2-7,16-17,22,27H,8-15,18,20H2,1H3,(H,46,49)(H,43,44,45). The van der Waals surface area contributed by atoms with Gasteiger partial charge in [-0.25, -0.2) is 9.97 Å². The van der Waals surface area contributed by atoms with Crippen LogP contribution < -0.4 is 10.6 Å². The molecule has 1 saturated heterocycles. The zero-order chi connectivity index (χ0) is 35.0. The highest BCUT2D eigenvalue weighted by molar-refractivity contribution is 7.18. The molecule has 0 atom stereocenters. The van der Waals surface area contributed by atoms with Crippen LogP contribution in [-0.2, 0) is 30.7 Å². The molecule has 256 valence electrons. The van der Waals surface area contributed by atoms with Crippen molar-refractivity contribution >= 4 is 49.9 Å². The molecule has 1 amide bonds. The maximum absolute atomic E-state index is 13.0. The lowest BCUT2D eigenvalue weighted by atomic mass is 10.0. The van der Waals surface area contributed by atoms with Gasteiger partial charge < -0.3 is 15.2 Å². The number of amides is 1. The molecule has 13 heteroatoms. The average Bonchev–Trinajstić information content (AvgIpc) is 3.67. The summed E-state index contributed by atoms with van der Waals surface area (Å²) in [6.07, 6.45) is -0.179. The number of benzene rings is 2. The number of aromatic nitrogens is 3. The van der Waals surface area contributed by atoms with E-state index in [0.717, 1.165) is 65.8 Å². The largest absolute Gasteiger partial charge is 0.393 e. The first-order valence-corrected chi connectivity index (χ1v) is 17.5. The van der Waals surface area contributed by atoms with Gasteiger partial charge in [0.25, 0.3) is 0 Å². The summed E-state index contributed by atoms with van der Waals surface area (Å²) in [5, 5.41) is 27.3. The van der Waals surface area contributed by atoms with Gasteiger partial charge >= 0.3 is 6.18 Å². The summed E-state index contributed by atoms with van der Waals surface area (Å²) in [5.74, 6) is 0.340. The SMILES string of the molecule is Cc1c(CN2CCC(Nc3ncnc4sc(CC(F)(F)F)cc34)CC2)ccc2c1cc(C#N)n2CCc1ccc(NC(=O)C2(C#N)CC2)cc1. The van der Waals surface area contributed by atoms with E-state index in [1.165, 1.54) is 11.9 Å². The summed E-state index contributed by atoms with van der Waals surface area (Å²) < 4.78 is 40.9. The van der Waals surface area contributed by atoms with Gasteiger partial charge in [-0.05, 0) is 86.1 Å². The molecule has 0 spiro atoms. The predicted molar refractivity (Wildman–Crippen MR) is 187 cm³/mol. The van der Waals surface area contributed by atoms with Crippen molar-refractivity contribution in [2.45, 2.75) is 70.8 Å². The van der Waals surface area contributed by atoms with Crippen LogP contribution in [0.25, 0.3) is 21.1 Å². The van der Waals surface area contributed by atoms with E-state index in [1.54, 1.807) is 6.07 Å². The third-order valence-electron chi connectivity index (χ3n) is 9.89. The first kappa shape index (κ1) is 33.5. The van der Waals surface area contributed by atoms with E-state index in [9.17, 15) is 28.5 Å². The molecule has 4 heterocycles. The summed E-state index contributed by atoms with van der Waals surface area (Å²) >= 11 is 1.06. The molecule has 7 rings (SSSR count). The van der Waals surface area contributed by atoms with Crippen molar-refractivity contribution in [1.82, 2.24) is 19.4 Å². The maximum atomic E-state index is 13.0. The van der Waals surface area contributed by atoms with Gasteiger partial charge in [0.2, 0.25) is 5.91 Å². The number of carbonyl (C=O) groups is 1. The number of halogens is 3. The molecular formula is C37H35F3N8OS. The number of nitriles is 2. The first-order chi connectivity index (χ1) is 24.0. The lowest BCUT2D eigenvalue weighted by molar-refractivity contribution is -0.126. The summed E-state index contributed by atoms with van der Waals surface area (Å²) in [6, 6.07) is 20.0. The third kappa shape index (κ3) is 7.02.